The monoisotopic (exact) mass is 366 g/mol. The van der Waals surface area contributed by atoms with E-state index >= 15 is 0 Å². The van der Waals surface area contributed by atoms with Crippen LogP contribution in [-0.4, -0.2) is 62.5 Å². The van der Waals surface area contributed by atoms with Gasteiger partial charge in [0.25, 0.3) is 5.91 Å². The molecule has 0 bridgehead atoms. The molecule has 138 valence electrons. The lowest BCUT2D eigenvalue weighted by Gasteiger charge is -2.36. The first kappa shape index (κ1) is 19.4. The van der Waals surface area contributed by atoms with Gasteiger partial charge in [-0.1, -0.05) is 13.8 Å². The first-order valence-electron chi connectivity index (χ1n) is 8.66. The Balaban J connectivity index is 1.98. The van der Waals surface area contributed by atoms with Gasteiger partial charge < -0.3 is 9.80 Å². The molecule has 0 N–H and O–H groups in total. The molecule has 0 spiro atoms. The van der Waals surface area contributed by atoms with E-state index in [4.69, 9.17) is 0 Å². The second kappa shape index (κ2) is 7.99. The molecule has 1 aliphatic heterocycles. The summed E-state index contributed by atoms with van der Waals surface area (Å²) in [5.41, 5.74) is 0.465. The summed E-state index contributed by atoms with van der Waals surface area (Å²) in [5.74, 6) is 0.107. The van der Waals surface area contributed by atoms with Crippen LogP contribution in [0.1, 0.15) is 37.0 Å². The van der Waals surface area contributed by atoms with Gasteiger partial charge in [0.1, 0.15) is 0 Å². The Kier molecular flexibility index (Phi) is 6.21. The highest BCUT2D eigenvalue weighted by atomic mass is 32.2. The maximum atomic E-state index is 12.6. The summed E-state index contributed by atoms with van der Waals surface area (Å²) in [6.07, 6.45) is 2.81. The molecule has 0 unspecified atom stereocenters. The molecule has 0 aromatic heterocycles. The molecule has 0 aliphatic carbocycles. The van der Waals surface area contributed by atoms with Crippen LogP contribution in [0.3, 0.4) is 0 Å². The van der Waals surface area contributed by atoms with Crippen molar-refractivity contribution in [3.8, 4) is 0 Å². The van der Waals surface area contributed by atoms with E-state index in [1.54, 1.807) is 17.0 Å². The van der Waals surface area contributed by atoms with Crippen molar-refractivity contribution in [2.24, 2.45) is 5.92 Å². The Morgan fingerprint density at radius 3 is 1.88 bits per heavy atom. The van der Waals surface area contributed by atoms with Crippen LogP contribution < -0.4 is 0 Å². The summed E-state index contributed by atoms with van der Waals surface area (Å²) in [6, 6.07) is 5.99. The summed E-state index contributed by atoms with van der Waals surface area (Å²) in [4.78, 5) is 28.7. The van der Waals surface area contributed by atoms with Crippen LogP contribution in [0.4, 0.5) is 0 Å². The quantitative estimate of drug-likeness (QED) is 0.796. The number of nitrogens with zero attached hydrogens (tertiary/aromatic N) is 2. The molecule has 2 amide bonds. The number of rotatable bonds is 5. The molecule has 2 rings (SSSR count). The summed E-state index contributed by atoms with van der Waals surface area (Å²) in [7, 11) is -3.27. The average Bonchev–Trinajstić information content (AvgIpc) is 2.61. The molecule has 0 atom stereocenters. The molecular weight excluding hydrogens is 340 g/mol. The fourth-order valence-corrected chi connectivity index (χ4v) is 3.68. The summed E-state index contributed by atoms with van der Waals surface area (Å²) in [6.45, 7) is 6.13. The second-order valence-electron chi connectivity index (χ2n) is 6.43. The molecule has 1 aromatic rings. The molecule has 7 heteroatoms. The van der Waals surface area contributed by atoms with Crippen LogP contribution in [0.25, 0.3) is 0 Å². The average molecular weight is 366 g/mol. The van der Waals surface area contributed by atoms with E-state index in [1.165, 1.54) is 12.1 Å². The zero-order valence-electron chi connectivity index (χ0n) is 15.1. The third kappa shape index (κ3) is 4.60. The van der Waals surface area contributed by atoms with Gasteiger partial charge in [0, 0.05) is 43.9 Å². The lowest BCUT2D eigenvalue weighted by atomic mass is 10.0. The standard InChI is InChI=1S/C18H26N2O4S/c1-4-14(5-2)17(21)19-10-12-20(13-11-19)18(22)15-6-8-16(9-7-15)25(3,23)24/h6-9,14H,4-5,10-13H2,1-3H3. The van der Waals surface area contributed by atoms with Crippen LogP contribution in [-0.2, 0) is 14.6 Å². The molecule has 1 fully saturated rings. The third-order valence-electron chi connectivity index (χ3n) is 4.74. The first-order chi connectivity index (χ1) is 11.8. The van der Waals surface area contributed by atoms with Crippen LogP contribution in [0, 0.1) is 5.92 Å². The van der Waals surface area contributed by atoms with Crippen LogP contribution in [0.2, 0.25) is 0 Å². The molecule has 0 radical (unpaired) electrons. The number of hydrogen-bond acceptors (Lipinski definition) is 4. The van der Waals surface area contributed by atoms with Gasteiger partial charge in [0.15, 0.2) is 9.84 Å². The highest BCUT2D eigenvalue weighted by Gasteiger charge is 2.27. The Bertz CT molecular complexity index is 716. The van der Waals surface area contributed by atoms with E-state index in [9.17, 15) is 18.0 Å². The van der Waals surface area contributed by atoms with Crippen molar-refractivity contribution in [1.82, 2.24) is 9.80 Å². The Morgan fingerprint density at radius 2 is 1.44 bits per heavy atom. The van der Waals surface area contributed by atoms with E-state index in [0.717, 1.165) is 19.1 Å². The first-order valence-corrected chi connectivity index (χ1v) is 10.5. The highest BCUT2D eigenvalue weighted by Crippen LogP contribution is 2.16. The Hall–Kier alpha value is -1.89. The van der Waals surface area contributed by atoms with Crippen molar-refractivity contribution in [3.63, 3.8) is 0 Å². The predicted octanol–water partition coefficient (Wildman–Crippen LogP) is 1.81. The molecule has 1 saturated heterocycles. The lowest BCUT2D eigenvalue weighted by Crippen LogP contribution is -2.51. The Morgan fingerprint density at radius 1 is 0.960 bits per heavy atom. The molecule has 1 heterocycles. The summed E-state index contributed by atoms with van der Waals surface area (Å²) in [5, 5.41) is 0. The summed E-state index contributed by atoms with van der Waals surface area (Å²) >= 11 is 0. The predicted molar refractivity (Wildman–Crippen MR) is 96.1 cm³/mol. The zero-order chi connectivity index (χ0) is 18.6. The van der Waals surface area contributed by atoms with Gasteiger partial charge in [0.2, 0.25) is 5.91 Å². The SMILES string of the molecule is CCC(CC)C(=O)N1CCN(C(=O)c2ccc(S(C)(=O)=O)cc2)CC1. The van der Waals surface area contributed by atoms with E-state index in [0.29, 0.717) is 31.7 Å². The zero-order valence-corrected chi connectivity index (χ0v) is 15.9. The van der Waals surface area contributed by atoms with Gasteiger partial charge >= 0.3 is 0 Å². The normalized spacial score (nSPS) is 15.5. The number of benzene rings is 1. The number of piperazine rings is 1. The van der Waals surface area contributed by atoms with Gasteiger partial charge in [-0.25, -0.2) is 8.42 Å². The maximum Gasteiger partial charge on any atom is 0.253 e. The number of carbonyl (C=O) groups excluding carboxylic acids is 2. The van der Waals surface area contributed by atoms with Crippen LogP contribution in [0.5, 0.6) is 0 Å². The number of amides is 2. The Labute approximate surface area is 149 Å². The fourth-order valence-electron chi connectivity index (χ4n) is 3.05. The maximum absolute atomic E-state index is 12.6. The largest absolute Gasteiger partial charge is 0.339 e. The van der Waals surface area contributed by atoms with E-state index in [1.807, 2.05) is 18.7 Å². The van der Waals surface area contributed by atoms with Gasteiger partial charge in [-0.2, -0.15) is 0 Å². The van der Waals surface area contributed by atoms with Gasteiger partial charge in [-0.15, -0.1) is 0 Å². The molecule has 6 nitrogen and oxygen atoms in total. The smallest absolute Gasteiger partial charge is 0.253 e. The fraction of sp³-hybridized carbons (Fsp3) is 0.556. The number of carbonyl (C=O) groups is 2. The lowest BCUT2D eigenvalue weighted by molar-refractivity contribution is -0.137. The van der Waals surface area contributed by atoms with Crippen LogP contribution in [0.15, 0.2) is 29.2 Å². The third-order valence-corrected chi connectivity index (χ3v) is 5.87. The number of sulfone groups is 1. The highest BCUT2D eigenvalue weighted by molar-refractivity contribution is 7.90. The summed E-state index contributed by atoms with van der Waals surface area (Å²) < 4.78 is 23.0. The van der Waals surface area contributed by atoms with Crippen molar-refractivity contribution in [3.05, 3.63) is 29.8 Å². The minimum atomic E-state index is -3.27. The second-order valence-corrected chi connectivity index (χ2v) is 8.44. The number of hydrogen-bond donors (Lipinski definition) is 0. The molecular formula is C18H26N2O4S. The minimum Gasteiger partial charge on any atom is -0.339 e. The van der Waals surface area contributed by atoms with Crippen molar-refractivity contribution < 1.29 is 18.0 Å². The van der Waals surface area contributed by atoms with E-state index in [-0.39, 0.29) is 22.6 Å². The van der Waals surface area contributed by atoms with Crippen molar-refractivity contribution >= 4 is 21.7 Å². The van der Waals surface area contributed by atoms with E-state index < -0.39 is 9.84 Å². The van der Waals surface area contributed by atoms with E-state index in [2.05, 4.69) is 0 Å². The van der Waals surface area contributed by atoms with Crippen molar-refractivity contribution in [1.29, 1.82) is 0 Å². The van der Waals surface area contributed by atoms with Crippen molar-refractivity contribution in [2.45, 2.75) is 31.6 Å². The molecule has 1 aliphatic rings. The minimum absolute atomic E-state index is 0.0609. The van der Waals surface area contributed by atoms with Gasteiger partial charge in [-0.05, 0) is 37.1 Å². The van der Waals surface area contributed by atoms with Gasteiger partial charge in [-0.3, -0.25) is 9.59 Å². The molecule has 25 heavy (non-hydrogen) atoms. The molecule has 1 aromatic carbocycles. The van der Waals surface area contributed by atoms with Crippen LogP contribution >= 0.6 is 0 Å². The van der Waals surface area contributed by atoms with Gasteiger partial charge in [0.05, 0.1) is 4.90 Å². The molecule has 0 saturated carbocycles. The topological polar surface area (TPSA) is 74.8 Å². The van der Waals surface area contributed by atoms with Crippen molar-refractivity contribution in [2.75, 3.05) is 32.4 Å².